The van der Waals surface area contributed by atoms with E-state index in [0.717, 1.165) is 52.3 Å². The molecule has 1 amide bonds. The Morgan fingerprint density at radius 2 is 2.11 bits per heavy atom. The minimum atomic E-state index is 0. The average Bonchev–Trinajstić information content (AvgIpc) is 3.18. The monoisotopic (exact) mass is 462 g/mol. The van der Waals surface area contributed by atoms with Crippen molar-refractivity contribution in [2.45, 2.75) is 39.3 Å². The van der Waals surface area contributed by atoms with Crippen LogP contribution >= 0.6 is 28.3 Å². The first kappa shape index (κ1) is 19.1. The maximum Gasteiger partial charge on any atom is 0.222 e. The molecule has 146 valence electrons. The van der Waals surface area contributed by atoms with Gasteiger partial charge in [-0.05, 0) is 38.0 Å². The van der Waals surface area contributed by atoms with E-state index in [9.17, 15) is 4.79 Å². The fourth-order valence-corrected chi connectivity index (χ4v) is 4.23. The number of fused-ring (bicyclic) bond motifs is 5. The Morgan fingerprint density at radius 3 is 2.93 bits per heavy atom. The van der Waals surface area contributed by atoms with Gasteiger partial charge in [-0.1, -0.05) is 15.9 Å². The fraction of sp³-hybridized carbons (Fsp3) is 0.368. The van der Waals surface area contributed by atoms with Crippen molar-refractivity contribution in [2.24, 2.45) is 0 Å². The number of likely N-dealkylation sites (tertiary alicyclic amines) is 1. The number of carbonyl (C=O) groups excluding carboxylic acids is 1. The maximum absolute atomic E-state index is 12.2. The molecule has 9 heteroatoms. The molecule has 1 fully saturated rings. The Labute approximate surface area is 177 Å². The number of aryl methyl sites for hydroxylation is 1. The van der Waals surface area contributed by atoms with Crippen molar-refractivity contribution < 1.29 is 4.79 Å². The molecule has 3 aromatic rings. The van der Waals surface area contributed by atoms with E-state index in [1.807, 2.05) is 28.9 Å². The Kier molecular flexibility index (Phi) is 5.01. The zero-order valence-electron chi connectivity index (χ0n) is 15.4. The van der Waals surface area contributed by atoms with Gasteiger partial charge in [0.05, 0.1) is 36.5 Å². The molecule has 0 N–H and O–H groups in total. The van der Waals surface area contributed by atoms with Crippen LogP contribution in [-0.4, -0.2) is 41.7 Å². The number of nitrogens with zero attached hydrogens (tertiary/aromatic N) is 6. The van der Waals surface area contributed by atoms with Crippen molar-refractivity contribution in [1.29, 1.82) is 0 Å². The lowest BCUT2D eigenvalue weighted by Gasteiger charge is -2.25. The van der Waals surface area contributed by atoms with Gasteiger partial charge in [0.2, 0.25) is 5.91 Å². The molecule has 0 spiro atoms. The van der Waals surface area contributed by atoms with Crippen molar-refractivity contribution in [3.8, 4) is 17.1 Å². The van der Waals surface area contributed by atoms with Crippen LogP contribution in [0.3, 0.4) is 0 Å². The van der Waals surface area contributed by atoms with E-state index in [2.05, 4.69) is 37.6 Å². The number of carbonyl (C=O) groups is 1. The number of hydrogen-bond donors (Lipinski definition) is 0. The normalized spacial score (nSPS) is 15.4. The molecule has 2 aliphatic rings. The second kappa shape index (κ2) is 7.33. The van der Waals surface area contributed by atoms with Crippen LogP contribution in [0.25, 0.3) is 17.1 Å². The molecule has 28 heavy (non-hydrogen) atoms. The molecule has 4 heterocycles. The minimum Gasteiger partial charge on any atom is -0.335 e. The number of halogens is 2. The van der Waals surface area contributed by atoms with Crippen molar-refractivity contribution >= 4 is 34.2 Å². The highest BCUT2D eigenvalue weighted by Crippen LogP contribution is 2.33. The van der Waals surface area contributed by atoms with Crippen LogP contribution in [0.2, 0.25) is 0 Å². The van der Waals surface area contributed by atoms with E-state index < -0.39 is 0 Å². The summed E-state index contributed by atoms with van der Waals surface area (Å²) in [6.07, 6.45) is 4.51. The van der Waals surface area contributed by atoms with Gasteiger partial charge in [-0.2, -0.15) is 5.10 Å². The number of imidazole rings is 1. The lowest BCUT2D eigenvalue weighted by Crippen LogP contribution is -2.35. The third kappa shape index (κ3) is 3.14. The molecule has 7 nitrogen and oxygen atoms in total. The van der Waals surface area contributed by atoms with Gasteiger partial charge in [-0.25, -0.2) is 14.6 Å². The Balaban J connectivity index is 0.00000192. The molecule has 0 unspecified atom stereocenters. The molecule has 2 aromatic heterocycles. The summed E-state index contributed by atoms with van der Waals surface area (Å²) < 4.78 is 5.04. The molecule has 0 bridgehead atoms. The summed E-state index contributed by atoms with van der Waals surface area (Å²) in [4.78, 5) is 23.3. The number of piperidine rings is 1. The van der Waals surface area contributed by atoms with Gasteiger partial charge in [0, 0.05) is 23.0 Å². The predicted molar refractivity (Wildman–Crippen MR) is 111 cm³/mol. The number of benzene rings is 1. The summed E-state index contributed by atoms with van der Waals surface area (Å²) in [5.74, 6) is 1.72. The van der Waals surface area contributed by atoms with Gasteiger partial charge < -0.3 is 9.47 Å². The summed E-state index contributed by atoms with van der Waals surface area (Å²) >= 11 is 3.57. The van der Waals surface area contributed by atoms with Gasteiger partial charge in [0.15, 0.2) is 11.6 Å². The number of aromatic nitrogens is 5. The van der Waals surface area contributed by atoms with Crippen LogP contribution in [0.4, 0.5) is 0 Å². The second-order valence-electron chi connectivity index (χ2n) is 7.09. The van der Waals surface area contributed by atoms with Crippen LogP contribution in [0, 0.1) is 6.92 Å². The topological polar surface area (TPSA) is 68.8 Å². The Hall–Kier alpha value is -2.19. The van der Waals surface area contributed by atoms with Gasteiger partial charge in [0.25, 0.3) is 0 Å². The standard InChI is InChI=1S/C19H19BrN6O.ClH/c1-12-16-9-26-19(14-8-13(20)5-6-15(14)25(16)11-21-12)22-17(23-26)10-24-7-3-2-4-18(24)27;/h5-6,8,11H,2-4,7,9-10H2,1H3;1H. The first-order valence-electron chi connectivity index (χ1n) is 9.15. The third-order valence-electron chi connectivity index (χ3n) is 5.30. The summed E-state index contributed by atoms with van der Waals surface area (Å²) in [5, 5.41) is 4.74. The van der Waals surface area contributed by atoms with Crippen molar-refractivity contribution in [1.82, 2.24) is 29.2 Å². The van der Waals surface area contributed by atoms with Gasteiger partial charge in [-0.15, -0.1) is 12.4 Å². The SMILES string of the molecule is Cc1ncn2c1Cn1nc(CN3CCCCC3=O)nc1-c1cc(Br)ccc1-2.Cl. The lowest BCUT2D eigenvalue weighted by molar-refractivity contribution is -0.134. The van der Waals surface area contributed by atoms with Crippen molar-refractivity contribution in [2.75, 3.05) is 6.54 Å². The zero-order chi connectivity index (χ0) is 18.5. The summed E-state index contributed by atoms with van der Waals surface area (Å²) in [5.41, 5.74) is 4.13. The molecular weight excluding hydrogens is 444 g/mol. The van der Waals surface area contributed by atoms with Crippen LogP contribution in [0.1, 0.15) is 36.5 Å². The molecule has 2 aliphatic heterocycles. The smallest absolute Gasteiger partial charge is 0.222 e. The second-order valence-corrected chi connectivity index (χ2v) is 8.01. The summed E-state index contributed by atoms with van der Waals surface area (Å²) in [6.45, 7) is 3.88. The average molecular weight is 464 g/mol. The number of rotatable bonds is 2. The lowest BCUT2D eigenvalue weighted by atomic mass is 10.1. The van der Waals surface area contributed by atoms with Gasteiger partial charge in [0.1, 0.15) is 0 Å². The van der Waals surface area contributed by atoms with Crippen molar-refractivity contribution in [3.63, 3.8) is 0 Å². The van der Waals surface area contributed by atoms with Crippen LogP contribution < -0.4 is 0 Å². The molecule has 0 atom stereocenters. The number of amides is 1. The van der Waals surface area contributed by atoms with E-state index in [4.69, 9.17) is 10.1 Å². The Bertz CT molecular complexity index is 1060. The molecular formula is C19H20BrClN6O. The van der Waals surface area contributed by atoms with Crippen LogP contribution in [0.15, 0.2) is 29.0 Å². The highest BCUT2D eigenvalue weighted by molar-refractivity contribution is 9.10. The van der Waals surface area contributed by atoms with Crippen LogP contribution in [0.5, 0.6) is 0 Å². The minimum absolute atomic E-state index is 0. The molecule has 0 saturated carbocycles. The highest BCUT2D eigenvalue weighted by atomic mass is 79.9. The maximum atomic E-state index is 12.2. The number of hydrogen-bond acceptors (Lipinski definition) is 4. The molecule has 1 aromatic carbocycles. The first-order chi connectivity index (χ1) is 13.1. The molecule has 1 saturated heterocycles. The third-order valence-corrected chi connectivity index (χ3v) is 5.80. The molecule has 5 rings (SSSR count). The van der Waals surface area contributed by atoms with E-state index in [-0.39, 0.29) is 18.3 Å². The first-order valence-corrected chi connectivity index (χ1v) is 9.94. The van der Waals surface area contributed by atoms with E-state index in [0.29, 0.717) is 25.3 Å². The Morgan fingerprint density at radius 1 is 1.25 bits per heavy atom. The largest absolute Gasteiger partial charge is 0.335 e. The molecule has 0 radical (unpaired) electrons. The summed E-state index contributed by atoms with van der Waals surface area (Å²) in [7, 11) is 0. The van der Waals surface area contributed by atoms with E-state index in [1.54, 1.807) is 0 Å². The highest BCUT2D eigenvalue weighted by Gasteiger charge is 2.26. The quantitative estimate of drug-likeness (QED) is 0.456. The van der Waals surface area contributed by atoms with E-state index >= 15 is 0 Å². The van der Waals surface area contributed by atoms with Gasteiger partial charge in [-0.3, -0.25) is 4.79 Å². The zero-order valence-corrected chi connectivity index (χ0v) is 17.8. The van der Waals surface area contributed by atoms with Crippen molar-refractivity contribution in [3.05, 3.63) is 46.2 Å². The van der Waals surface area contributed by atoms with Crippen LogP contribution in [-0.2, 0) is 17.9 Å². The molecule has 0 aliphatic carbocycles. The van der Waals surface area contributed by atoms with Gasteiger partial charge >= 0.3 is 0 Å². The predicted octanol–water partition coefficient (Wildman–Crippen LogP) is 3.50. The fourth-order valence-electron chi connectivity index (χ4n) is 3.87. The summed E-state index contributed by atoms with van der Waals surface area (Å²) in [6, 6.07) is 6.16. The van der Waals surface area contributed by atoms with E-state index in [1.165, 1.54) is 0 Å².